The molecule has 0 radical (unpaired) electrons. The molecular weight excluding hydrogens is 230 g/mol. The molecule has 2 atom stereocenters. The van der Waals surface area contributed by atoms with E-state index in [1.807, 2.05) is 18.2 Å². The average Bonchev–Trinajstić information content (AvgIpc) is 2.42. The van der Waals surface area contributed by atoms with Crippen molar-refractivity contribution in [3.63, 3.8) is 0 Å². The van der Waals surface area contributed by atoms with E-state index >= 15 is 0 Å². The molecule has 1 N–H and O–H groups in total. The average molecular weight is 247 g/mol. The quantitative estimate of drug-likeness (QED) is 0.827. The Hall–Kier alpha value is -1.84. The van der Waals surface area contributed by atoms with E-state index in [1.54, 1.807) is 12.1 Å². The zero-order valence-corrected chi connectivity index (χ0v) is 10.2. The minimum absolute atomic E-state index is 0.0725. The summed E-state index contributed by atoms with van der Waals surface area (Å²) in [5.74, 6) is -0.109. The van der Waals surface area contributed by atoms with Gasteiger partial charge in [-0.15, -0.1) is 0 Å². The molecule has 0 aliphatic heterocycles. The van der Waals surface area contributed by atoms with Gasteiger partial charge < -0.3 is 10.1 Å². The number of amides is 1. The minimum Gasteiger partial charge on any atom is -0.462 e. The van der Waals surface area contributed by atoms with Crippen LogP contribution in [0, 0.1) is 0 Å². The van der Waals surface area contributed by atoms with Gasteiger partial charge in [0.2, 0.25) is 0 Å². The Morgan fingerprint density at radius 1 is 1.22 bits per heavy atom. The van der Waals surface area contributed by atoms with Gasteiger partial charge in [0, 0.05) is 5.56 Å². The third-order valence-corrected chi connectivity index (χ3v) is 3.29. The second-order valence-electron chi connectivity index (χ2n) is 4.50. The van der Waals surface area contributed by atoms with Crippen LogP contribution in [0.25, 0.3) is 0 Å². The summed E-state index contributed by atoms with van der Waals surface area (Å²) in [7, 11) is 0. The zero-order chi connectivity index (χ0) is 12.8. The third-order valence-electron chi connectivity index (χ3n) is 3.29. The van der Waals surface area contributed by atoms with Crippen LogP contribution in [0.1, 0.15) is 36.0 Å². The fourth-order valence-electron chi connectivity index (χ4n) is 2.34. The molecule has 0 spiro atoms. The van der Waals surface area contributed by atoms with Gasteiger partial charge in [-0.2, -0.15) is 0 Å². The van der Waals surface area contributed by atoms with Gasteiger partial charge in [0.15, 0.2) is 0 Å². The smallest absolute Gasteiger partial charge is 0.293 e. The maximum Gasteiger partial charge on any atom is 0.293 e. The van der Waals surface area contributed by atoms with Gasteiger partial charge in [-0.1, -0.05) is 24.6 Å². The first-order valence-electron chi connectivity index (χ1n) is 6.26. The lowest BCUT2D eigenvalue weighted by atomic mass is 9.92. The van der Waals surface area contributed by atoms with Crippen LogP contribution in [0.4, 0.5) is 0 Å². The van der Waals surface area contributed by atoms with E-state index in [0.29, 0.717) is 12.0 Å². The third kappa shape index (κ3) is 3.09. The standard InChI is InChI=1S/C14H17NO3/c16-10-18-13-9-5-4-8-12(13)15-14(17)11-6-2-1-3-7-11/h1-3,6-7,10,12-13H,4-5,8-9H2,(H,15,17). The predicted octanol–water partition coefficient (Wildman–Crippen LogP) is 1.90. The first-order valence-corrected chi connectivity index (χ1v) is 6.26. The van der Waals surface area contributed by atoms with E-state index < -0.39 is 0 Å². The topological polar surface area (TPSA) is 55.4 Å². The van der Waals surface area contributed by atoms with Crippen molar-refractivity contribution in [1.82, 2.24) is 5.32 Å². The summed E-state index contributed by atoms with van der Waals surface area (Å²) in [6.07, 6.45) is 3.58. The van der Waals surface area contributed by atoms with Crippen molar-refractivity contribution in [1.29, 1.82) is 0 Å². The van der Waals surface area contributed by atoms with Crippen molar-refractivity contribution in [2.24, 2.45) is 0 Å². The number of carbonyl (C=O) groups is 2. The first-order chi connectivity index (χ1) is 8.81. The predicted molar refractivity (Wildman–Crippen MR) is 67.1 cm³/mol. The summed E-state index contributed by atoms with van der Waals surface area (Å²) in [6.45, 7) is 0.470. The second-order valence-corrected chi connectivity index (χ2v) is 4.50. The van der Waals surface area contributed by atoms with Gasteiger partial charge in [0.25, 0.3) is 12.4 Å². The molecule has 1 aromatic carbocycles. The Morgan fingerprint density at radius 2 is 1.94 bits per heavy atom. The van der Waals surface area contributed by atoms with Crippen LogP contribution in [0.2, 0.25) is 0 Å². The summed E-state index contributed by atoms with van der Waals surface area (Å²) >= 11 is 0. The normalized spacial score (nSPS) is 23.1. The van der Waals surface area contributed by atoms with Crippen molar-refractivity contribution in [2.45, 2.75) is 37.8 Å². The molecule has 1 aliphatic carbocycles. The molecule has 0 saturated heterocycles. The van der Waals surface area contributed by atoms with Crippen LogP contribution < -0.4 is 5.32 Å². The van der Waals surface area contributed by atoms with Gasteiger partial charge in [-0.3, -0.25) is 9.59 Å². The van der Waals surface area contributed by atoms with Gasteiger partial charge >= 0.3 is 0 Å². The molecule has 2 rings (SSSR count). The Bertz CT molecular complexity index is 405. The fraction of sp³-hybridized carbons (Fsp3) is 0.429. The fourth-order valence-corrected chi connectivity index (χ4v) is 2.34. The maximum atomic E-state index is 12.0. The van der Waals surface area contributed by atoms with E-state index in [0.717, 1.165) is 25.7 Å². The van der Waals surface area contributed by atoms with Crippen molar-refractivity contribution in [3.8, 4) is 0 Å². The van der Waals surface area contributed by atoms with E-state index in [-0.39, 0.29) is 18.1 Å². The van der Waals surface area contributed by atoms with Crippen LogP contribution in [0.3, 0.4) is 0 Å². The Balaban J connectivity index is 1.98. The molecule has 1 aliphatic rings. The van der Waals surface area contributed by atoms with Crippen LogP contribution in [-0.4, -0.2) is 24.5 Å². The van der Waals surface area contributed by atoms with Crippen molar-refractivity contribution in [2.75, 3.05) is 0 Å². The highest BCUT2D eigenvalue weighted by molar-refractivity contribution is 5.94. The van der Waals surface area contributed by atoms with Crippen LogP contribution in [-0.2, 0) is 9.53 Å². The Morgan fingerprint density at radius 3 is 2.67 bits per heavy atom. The summed E-state index contributed by atoms with van der Waals surface area (Å²) in [5, 5.41) is 2.95. The van der Waals surface area contributed by atoms with Crippen molar-refractivity contribution < 1.29 is 14.3 Å². The largest absolute Gasteiger partial charge is 0.462 e. The molecule has 96 valence electrons. The Kier molecular flexibility index (Phi) is 4.34. The zero-order valence-electron chi connectivity index (χ0n) is 10.2. The van der Waals surface area contributed by atoms with Crippen LogP contribution in [0.15, 0.2) is 30.3 Å². The second kappa shape index (κ2) is 6.19. The van der Waals surface area contributed by atoms with Crippen molar-refractivity contribution >= 4 is 12.4 Å². The lowest BCUT2D eigenvalue weighted by molar-refractivity contribution is -0.136. The molecule has 18 heavy (non-hydrogen) atoms. The molecule has 0 bridgehead atoms. The SMILES string of the molecule is O=COC1CCCCC1NC(=O)c1ccccc1. The lowest BCUT2D eigenvalue weighted by Gasteiger charge is -2.30. The van der Waals surface area contributed by atoms with Crippen LogP contribution >= 0.6 is 0 Å². The summed E-state index contributed by atoms with van der Waals surface area (Å²) < 4.78 is 5.04. The molecule has 1 fully saturated rings. The number of carbonyl (C=O) groups excluding carboxylic acids is 2. The molecule has 1 saturated carbocycles. The summed E-state index contributed by atoms with van der Waals surface area (Å²) in [6, 6.07) is 9.00. The molecule has 4 heteroatoms. The highest BCUT2D eigenvalue weighted by Crippen LogP contribution is 2.21. The number of nitrogens with one attached hydrogen (secondary N) is 1. The molecule has 1 amide bonds. The lowest BCUT2D eigenvalue weighted by Crippen LogP contribution is -2.46. The van der Waals surface area contributed by atoms with Gasteiger partial charge in [-0.05, 0) is 31.4 Å². The number of hydrogen-bond donors (Lipinski definition) is 1. The molecule has 0 aromatic heterocycles. The van der Waals surface area contributed by atoms with Crippen LogP contribution in [0.5, 0.6) is 0 Å². The highest BCUT2D eigenvalue weighted by atomic mass is 16.5. The number of ether oxygens (including phenoxy) is 1. The van der Waals surface area contributed by atoms with Gasteiger partial charge in [0.1, 0.15) is 6.10 Å². The summed E-state index contributed by atoms with van der Waals surface area (Å²) in [4.78, 5) is 22.4. The van der Waals surface area contributed by atoms with Gasteiger partial charge in [0.05, 0.1) is 6.04 Å². The Labute approximate surface area is 106 Å². The van der Waals surface area contributed by atoms with Crippen molar-refractivity contribution in [3.05, 3.63) is 35.9 Å². The molecule has 0 heterocycles. The summed E-state index contributed by atoms with van der Waals surface area (Å²) in [5.41, 5.74) is 0.632. The molecule has 2 unspecified atom stereocenters. The van der Waals surface area contributed by atoms with E-state index in [4.69, 9.17) is 4.74 Å². The molecule has 1 aromatic rings. The highest BCUT2D eigenvalue weighted by Gasteiger charge is 2.27. The van der Waals surface area contributed by atoms with E-state index in [2.05, 4.69) is 5.32 Å². The monoisotopic (exact) mass is 247 g/mol. The number of rotatable bonds is 4. The minimum atomic E-state index is -0.191. The molecule has 4 nitrogen and oxygen atoms in total. The first kappa shape index (κ1) is 12.6. The number of benzene rings is 1. The maximum absolute atomic E-state index is 12.0. The van der Waals surface area contributed by atoms with E-state index in [9.17, 15) is 9.59 Å². The number of hydrogen-bond acceptors (Lipinski definition) is 3. The van der Waals surface area contributed by atoms with E-state index in [1.165, 1.54) is 0 Å². The molecular formula is C14H17NO3. The van der Waals surface area contributed by atoms with Gasteiger partial charge in [-0.25, -0.2) is 0 Å².